The number of carbonyl (C=O) groups excluding carboxylic acids is 1. The Hall–Kier alpha value is -1.36. The number of hydrogen-bond donors (Lipinski definition) is 2. The van der Waals surface area contributed by atoms with Crippen molar-refractivity contribution in [3.63, 3.8) is 0 Å². The van der Waals surface area contributed by atoms with E-state index < -0.39 is 12.6 Å². The normalized spacial score (nSPS) is 9.31. The standard InChI is InChI=1S/C8H13NO4/c1-3-6(2)8(12)9-5-13-4-7(10)11/h2-5H2,1H3,(H,9,12)(H,10,11). The number of ether oxygens (including phenoxy) is 1. The fourth-order valence-corrected chi connectivity index (χ4v) is 0.540. The predicted molar refractivity (Wildman–Crippen MR) is 46.0 cm³/mol. The summed E-state index contributed by atoms with van der Waals surface area (Å²) >= 11 is 0. The Labute approximate surface area is 76.4 Å². The van der Waals surface area contributed by atoms with Crippen molar-refractivity contribution in [3.8, 4) is 0 Å². The van der Waals surface area contributed by atoms with Gasteiger partial charge in [0.15, 0.2) is 0 Å². The van der Waals surface area contributed by atoms with Gasteiger partial charge in [0, 0.05) is 5.57 Å². The van der Waals surface area contributed by atoms with E-state index in [1.54, 1.807) is 6.92 Å². The monoisotopic (exact) mass is 187 g/mol. The second kappa shape index (κ2) is 6.19. The van der Waals surface area contributed by atoms with Crippen LogP contribution in [0.25, 0.3) is 0 Å². The van der Waals surface area contributed by atoms with Crippen LogP contribution in [0.2, 0.25) is 0 Å². The Morgan fingerprint density at radius 1 is 1.54 bits per heavy atom. The third kappa shape index (κ3) is 5.86. The number of rotatable bonds is 6. The van der Waals surface area contributed by atoms with Crippen LogP contribution in [-0.2, 0) is 14.3 Å². The number of carbonyl (C=O) groups is 2. The predicted octanol–water partition coefficient (Wildman–Crippen LogP) is 0.127. The Bertz CT molecular complexity index is 212. The van der Waals surface area contributed by atoms with Gasteiger partial charge in [0.05, 0.1) is 0 Å². The third-order valence-corrected chi connectivity index (χ3v) is 1.31. The zero-order chi connectivity index (χ0) is 10.3. The number of hydrogen-bond acceptors (Lipinski definition) is 3. The van der Waals surface area contributed by atoms with Crippen molar-refractivity contribution in [2.75, 3.05) is 13.3 Å². The highest BCUT2D eigenvalue weighted by molar-refractivity contribution is 5.92. The smallest absolute Gasteiger partial charge is 0.329 e. The van der Waals surface area contributed by atoms with Crippen LogP contribution in [0.4, 0.5) is 0 Å². The molecule has 0 unspecified atom stereocenters. The molecule has 0 aliphatic carbocycles. The molecule has 74 valence electrons. The Morgan fingerprint density at radius 2 is 2.15 bits per heavy atom. The van der Waals surface area contributed by atoms with Crippen molar-refractivity contribution in [1.82, 2.24) is 5.32 Å². The van der Waals surface area contributed by atoms with Crippen LogP contribution in [0.1, 0.15) is 13.3 Å². The number of nitrogens with one attached hydrogen (secondary N) is 1. The van der Waals surface area contributed by atoms with E-state index in [4.69, 9.17) is 5.11 Å². The van der Waals surface area contributed by atoms with Crippen molar-refractivity contribution < 1.29 is 19.4 Å². The molecule has 0 radical (unpaired) electrons. The number of carboxylic acids is 1. The third-order valence-electron chi connectivity index (χ3n) is 1.31. The first-order valence-corrected chi connectivity index (χ1v) is 3.83. The zero-order valence-electron chi connectivity index (χ0n) is 7.50. The SMILES string of the molecule is C=C(CC)C(=O)NCOCC(=O)O. The van der Waals surface area contributed by atoms with Gasteiger partial charge >= 0.3 is 5.97 Å². The molecule has 0 rings (SSSR count). The van der Waals surface area contributed by atoms with Gasteiger partial charge in [-0.05, 0) is 6.42 Å². The topological polar surface area (TPSA) is 75.6 Å². The van der Waals surface area contributed by atoms with Gasteiger partial charge in [0.2, 0.25) is 5.91 Å². The van der Waals surface area contributed by atoms with Crippen molar-refractivity contribution in [2.45, 2.75) is 13.3 Å². The summed E-state index contributed by atoms with van der Waals surface area (Å²) in [5.74, 6) is -1.38. The van der Waals surface area contributed by atoms with Crippen LogP contribution in [0.3, 0.4) is 0 Å². The van der Waals surface area contributed by atoms with Crippen LogP contribution in [0.5, 0.6) is 0 Å². The van der Waals surface area contributed by atoms with E-state index in [-0.39, 0.29) is 12.6 Å². The van der Waals surface area contributed by atoms with Crippen LogP contribution in [0.15, 0.2) is 12.2 Å². The maximum absolute atomic E-state index is 11.0. The Morgan fingerprint density at radius 3 is 2.62 bits per heavy atom. The van der Waals surface area contributed by atoms with Crippen molar-refractivity contribution in [1.29, 1.82) is 0 Å². The van der Waals surface area contributed by atoms with Gasteiger partial charge in [0.1, 0.15) is 13.3 Å². The van der Waals surface area contributed by atoms with E-state index >= 15 is 0 Å². The van der Waals surface area contributed by atoms with Crippen molar-refractivity contribution >= 4 is 11.9 Å². The van der Waals surface area contributed by atoms with Gasteiger partial charge in [-0.1, -0.05) is 13.5 Å². The first kappa shape index (κ1) is 11.6. The highest BCUT2D eigenvalue weighted by atomic mass is 16.5. The summed E-state index contributed by atoms with van der Waals surface area (Å²) in [5, 5.41) is 10.5. The molecule has 1 amide bonds. The maximum Gasteiger partial charge on any atom is 0.329 e. The molecule has 13 heavy (non-hydrogen) atoms. The van der Waals surface area contributed by atoms with E-state index in [9.17, 15) is 9.59 Å². The van der Waals surface area contributed by atoms with Crippen molar-refractivity contribution in [2.24, 2.45) is 0 Å². The molecule has 0 aliphatic rings. The van der Waals surface area contributed by atoms with E-state index in [2.05, 4.69) is 16.6 Å². The Balaban J connectivity index is 3.48. The lowest BCUT2D eigenvalue weighted by Gasteiger charge is -2.04. The van der Waals surface area contributed by atoms with E-state index in [1.807, 2.05) is 0 Å². The maximum atomic E-state index is 11.0. The van der Waals surface area contributed by atoms with E-state index in [0.29, 0.717) is 12.0 Å². The Kier molecular flexibility index (Phi) is 5.54. The number of aliphatic carboxylic acids is 1. The molecular formula is C8H13NO4. The largest absolute Gasteiger partial charge is 0.480 e. The average molecular weight is 187 g/mol. The summed E-state index contributed by atoms with van der Waals surface area (Å²) in [6.45, 7) is 4.78. The lowest BCUT2D eigenvalue weighted by Crippen LogP contribution is -2.28. The first-order valence-electron chi connectivity index (χ1n) is 3.83. The molecule has 0 aromatic heterocycles. The molecule has 0 spiro atoms. The van der Waals surface area contributed by atoms with E-state index in [0.717, 1.165) is 0 Å². The minimum absolute atomic E-state index is 0.107. The molecule has 0 heterocycles. The van der Waals surface area contributed by atoms with E-state index in [1.165, 1.54) is 0 Å². The molecule has 2 N–H and O–H groups in total. The summed E-state index contributed by atoms with van der Waals surface area (Å²) in [6.07, 6.45) is 0.560. The van der Waals surface area contributed by atoms with Crippen LogP contribution in [-0.4, -0.2) is 30.3 Å². The molecule has 0 saturated heterocycles. The zero-order valence-corrected chi connectivity index (χ0v) is 7.50. The lowest BCUT2D eigenvalue weighted by molar-refractivity contribution is -0.143. The first-order chi connectivity index (χ1) is 6.07. The average Bonchev–Trinajstić information content (AvgIpc) is 2.10. The van der Waals surface area contributed by atoms with Gasteiger partial charge in [0.25, 0.3) is 0 Å². The summed E-state index contributed by atoms with van der Waals surface area (Å²) in [5.41, 5.74) is 0.443. The second-order valence-corrected chi connectivity index (χ2v) is 2.35. The number of carboxylic acid groups (broad SMARTS) is 1. The van der Waals surface area contributed by atoms with Gasteiger partial charge in [-0.25, -0.2) is 4.79 Å². The minimum Gasteiger partial charge on any atom is -0.480 e. The summed E-state index contributed by atoms with van der Waals surface area (Å²) < 4.78 is 4.59. The molecule has 5 heteroatoms. The molecule has 5 nitrogen and oxygen atoms in total. The van der Waals surface area contributed by atoms with Crippen LogP contribution < -0.4 is 5.32 Å². The second-order valence-electron chi connectivity index (χ2n) is 2.35. The highest BCUT2D eigenvalue weighted by Crippen LogP contribution is 1.94. The van der Waals surface area contributed by atoms with Gasteiger partial charge in [-0.3, -0.25) is 4.79 Å². The summed E-state index contributed by atoms with van der Waals surface area (Å²) in [7, 11) is 0. The molecule has 0 saturated carbocycles. The van der Waals surface area contributed by atoms with Gasteiger partial charge in [-0.2, -0.15) is 0 Å². The quantitative estimate of drug-likeness (QED) is 0.352. The highest BCUT2D eigenvalue weighted by Gasteiger charge is 2.03. The molecule has 0 atom stereocenters. The fourth-order valence-electron chi connectivity index (χ4n) is 0.540. The van der Waals surface area contributed by atoms with Crippen LogP contribution in [0, 0.1) is 0 Å². The minimum atomic E-state index is -1.07. The lowest BCUT2D eigenvalue weighted by atomic mass is 10.2. The molecule has 0 fully saturated rings. The molecule has 0 aliphatic heterocycles. The molecular weight excluding hydrogens is 174 g/mol. The fraction of sp³-hybridized carbons (Fsp3) is 0.500. The molecule has 0 aromatic rings. The number of amides is 1. The van der Waals surface area contributed by atoms with Gasteiger partial charge < -0.3 is 15.2 Å². The molecule has 0 aromatic carbocycles. The summed E-state index contributed by atoms with van der Waals surface area (Å²) in [4.78, 5) is 21.0. The van der Waals surface area contributed by atoms with Crippen molar-refractivity contribution in [3.05, 3.63) is 12.2 Å². The molecule has 0 bridgehead atoms. The van der Waals surface area contributed by atoms with Crippen LogP contribution >= 0.6 is 0 Å². The van der Waals surface area contributed by atoms with Gasteiger partial charge in [-0.15, -0.1) is 0 Å². The summed E-state index contributed by atoms with van der Waals surface area (Å²) in [6, 6.07) is 0.